The second-order valence-corrected chi connectivity index (χ2v) is 5.53. The van der Waals surface area contributed by atoms with Gasteiger partial charge in [-0.25, -0.2) is 0 Å². The molecule has 0 radical (unpaired) electrons. The molecule has 18 heavy (non-hydrogen) atoms. The number of rotatable bonds is 3. The van der Waals surface area contributed by atoms with Crippen LogP contribution in [0, 0.1) is 0 Å². The second-order valence-electron chi connectivity index (χ2n) is 4.75. The van der Waals surface area contributed by atoms with Crippen LogP contribution in [0.4, 0.5) is 11.4 Å². The van der Waals surface area contributed by atoms with Crippen molar-refractivity contribution < 1.29 is 0 Å². The lowest BCUT2D eigenvalue weighted by Gasteiger charge is -2.34. The molecule has 3 rings (SSSR count). The van der Waals surface area contributed by atoms with Crippen LogP contribution in [0.5, 0.6) is 0 Å². The third-order valence-corrected chi connectivity index (χ3v) is 4.19. The van der Waals surface area contributed by atoms with Crippen molar-refractivity contribution in [1.82, 2.24) is 0 Å². The van der Waals surface area contributed by atoms with E-state index in [0.29, 0.717) is 6.04 Å². The molecule has 0 amide bonds. The Labute approximate surface area is 112 Å². The van der Waals surface area contributed by atoms with Gasteiger partial charge in [0, 0.05) is 35.9 Å². The molecule has 1 aliphatic rings. The SMILES string of the molecule is c1ccc(N2CCC(Nc3ccsc3)CC2)cc1. The molecule has 1 aromatic heterocycles. The molecule has 0 bridgehead atoms. The summed E-state index contributed by atoms with van der Waals surface area (Å²) in [7, 11) is 0. The topological polar surface area (TPSA) is 15.3 Å². The van der Waals surface area contributed by atoms with Crippen molar-refractivity contribution in [2.45, 2.75) is 18.9 Å². The number of anilines is 2. The van der Waals surface area contributed by atoms with Crippen LogP contribution in [0.3, 0.4) is 0 Å². The Morgan fingerprint density at radius 1 is 1.06 bits per heavy atom. The normalized spacial score (nSPS) is 16.8. The van der Waals surface area contributed by atoms with Crippen molar-refractivity contribution in [2.75, 3.05) is 23.3 Å². The molecule has 1 fully saturated rings. The van der Waals surface area contributed by atoms with Crippen LogP contribution < -0.4 is 10.2 Å². The number of hydrogen-bond donors (Lipinski definition) is 1. The van der Waals surface area contributed by atoms with E-state index in [4.69, 9.17) is 0 Å². The van der Waals surface area contributed by atoms with E-state index >= 15 is 0 Å². The first-order valence-corrected chi connectivity index (χ1v) is 7.45. The molecule has 1 saturated heterocycles. The average molecular weight is 258 g/mol. The third-order valence-electron chi connectivity index (χ3n) is 3.51. The van der Waals surface area contributed by atoms with E-state index in [2.05, 4.69) is 57.4 Å². The van der Waals surface area contributed by atoms with Crippen molar-refractivity contribution in [3.05, 3.63) is 47.2 Å². The highest BCUT2D eigenvalue weighted by Crippen LogP contribution is 2.22. The summed E-state index contributed by atoms with van der Waals surface area (Å²) in [5.74, 6) is 0. The standard InChI is InChI=1S/C15H18N2S/c1-2-4-15(5-3-1)17-9-6-13(7-10-17)16-14-8-11-18-12-14/h1-5,8,11-13,16H,6-7,9-10H2. The summed E-state index contributed by atoms with van der Waals surface area (Å²) < 4.78 is 0. The summed E-state index contributed by atoms with van der Waals surface area (Å²) >= 11 is 1.75. The second kappa shape index (κ2) is 5.44. The first kappa shape index (κ1) is 11.6. The number of nitrogens with zero attached hydrogens (tertiary/aromatic N) is 1. The van der Waals surface area contributed by atoms with E-state index in [9.17, 15) is 0 Å². The Morgan fingerprint density at radius 2 is 1.83 bits per heavy atom. The number of thiophene rings is 1. The van der Waals surface area contributed by atoms with Crippen LogP contribution in [0.2, 0.25) is 0 Å². The lowest BCUT2D eigenvalue weighted by molar-refractivity contribution is 0.527. The predicted octanol–water partition coefficient (Wildman–Crippen LogP) is 3.83. The molecule has 2 heterocycles. The fourth-order valence-corrected chi connectivity index (χ4v) is 3.10. The van der Waals surface area contributed by atoms with Crippen LogP contribution in [0.15, 0.2) is 47.2 Å². The molecule has 1 aliphatic heterocycles. The molecule has 0 spiro atoms. The lowest BCUT2D eigenvalue weighted by atomic mass is 10.0. The maximum atomic E-state index is 3.62. The van der Waals surface area contributed by atoms with Gasteiger partial charge in [0.25, 0.3) is 0 Å². The van der Waals surface area contributed by atoms with E-state index in [1.807, 2.05) is 0 Å². The Balaban J connectivity index is 1.55. The minimum atomic E-state index is 0.625. The van der Waals surface area contributed by atoms with Crippen molar-refractivity contribution in [2.24, 2.45) is 0 Å². The summed E-state index contributed by atoms with van der Waals surface area (Å²) in [6, 6.07) is 13.5. The van der Waals surface area contributed by atoms with Gasteiger partial charge in [-0.15, -0.1) is 0 Å². The highest BCUT2D eigenvalue weighted by atomic mass is 32.1. The van der Waals surface area contributed by atoms with Crippen LogP contribution >= 0.6 is 11.3 Å². The van der Waals surface area contributed by atoms with Gasteiger partial charge in [-0.1, -0.05) is 18.2 Å². The maximum Gasteiger partial charge on any atom is 0.0450 e. The minimum Gasteiger partial charge on any atom is -0.382 e. The van der Waals surface area contributed by atoms with Crippen LogP contribution in [-0.4, -0.2) is 19.1 Å². The number of piperidine rings is 1. The van der Waals surface area contributed by atoms with Crippen molar-refractivity contribution in [3.63, 3.8) is 0 Å². The monoisotopic (exact) mass is 258 g/mol. The molecule has 0 unspecified atom stereocenters. The third kappa shape index (κ3) is 2.67. The summed E-state index contributed by atoms with van der Waals surface area (Å²) in [5.41, 5.74) is 2.63. The van der Waals surface area contributed by atoms with Crippen LogP contribution in [0.1, 0.15) is 12.8 Å². The quantitative estimate of drug-likeness (QED) is 0.900. The molecular weight excluding hydrogens is 240 g/mol. The molecule has 3 heteroatoms. The number of para-hydroxylation sites is 1. The summed E-state index contributed by atoms with van der Waals surface area (Å²) in [6.07, 6.45) is 2.43. The van der Waals surface area contributed by atoms with Crippen molar-refractivity contribution in [3.8, 4) is 0 Å². The van der Waals surface area contributed by atoms with E-state index in [1.54, 1.807) is 11.3 Å². The highest BCUT2D eigenvalue weighted by molar-refractivity contribution is 7.08. The molecule has 2 aromatic rings. The number of benzene rings is 1. The number of hydrogen-bond acceptors (Lipinski definition) is 3. The molecule has 94 valence electrons. The highest BCUT2D eigenvalue weighted by Gasteiger charge is 2.18. The maximum absolute atomic E-state index is 3.62. The van der Waals surface area contributed by atoms with E-state index in [-0.39, 0.29) is 0 Å². The van der Waals surface area contributed by atoms with Gasteiger partial charge in [-0.05, 0) is 36.4 Å². The van der Waals surface area contributed by atoms with Gasteiger partial charge in [-0.3, -0.25) is 0 Å². The van der Waals surface area contributed by atoms with Crippen molar-refractivity contribution >= 4 is 22.7 Å². The zero-order valence-corrected chi connectivity index (χ0v) is 11.2. The largest absolute Gasteiger partial charge is 0.382 e. The Morgan fingerprint density at radius 3 is 2.50 bits per heavy atom. The fraction of sp³-hybridized carbons (Fsp3) is 0.333. The molecule has 0 saturated carbocycles. The number of nitrogens with one attached hydrogen (secondary N) is 1. The Hall–Kier alpha value is -1.48. The van der Waals surface area contributed by atoms with Gasteiger partial charge in [0.2, 0.25) is 0 Å². The molecule has 1 aromatic carbocycles. The Kier molecular flexibility index (Phi) is 3.51. The first-order valence-electron chi connectivity index (χ1n) is 6.50. The smallest absolute Gasteiger partial charge is 0.0450 e. The van der Waals surface area contributed by atoms with Gasteiger partial charge in [0.15, 0.2) is 0 Å². The minimum absolute atomic E-state index is 0.625. The van der Waals surface area contributed by atoms with Gasteiger partial charge in [0.1, 0.15) is 0 Å². The van der Waals surface area contributed by atoms with Gasteiger partial charge >= 0.3 is 0 Å². The van der Waals surface area contributed by atoms with E-state index < -0.39 is 0 Å². The average Bonchev–Trinajstić information content (AvgIpc) is 2.94. The molecule has 0 atom stereocenters. The van der Waals surface area contributed by atoms with Crippen LogP contribution in [0.25, 0.3) is 0 Å². The Bertz CT molecular complexity index is 459. The van der Waals surface area contributed by atoms with Crippen LogP contribution in [-0.2, 0) is 0 Å². The zero-order chi connectivity index (χ0) is 12.2. The summed E-state index contributed by atoms with van der Waals surface area (Å²) in [4.78, 5) is 2.48. The molecule has 1 N–H and O–H groups in total. The van der Waals surface area contributed by atoms with Crippen molar-refractivity contribution in [1.29, 1.82) is 0 Å². The van der Waals surface area contributed by atoms with Gasteiger partial charge in [-0.2, -0.15) is 11.3 Å². The van der Waals surface area contributed by atoms with E-state index in [0.717, 1.165) is 13.1 Å². The first-order chi connectivity index (χ1) is 8.92. The zero-order valence-electron chi connectivity index (χ0n) is 10.4. The van der Waals surface area contributed by atoms with Gasteiger partial charge in [0.05, 0.1) is 0 Å². The van der Waals surface area contributed by atoms with E-state index in [1.165, 1.54) is 24.2 Å². The summed E-state index contributed by atoms with van der Waals surface area (Å²) in [6.45, 7) is 2.29. The molecule has 2 nitrogen and oxygen atoms in total. The predicted molar refractivity (Wildman–Crippen MR) is 79.6 cm³/mol. The molecule has 0 aliphatic carbocycles. The lowest BCUT2D eigenvalue weighted by Crippen LogP contribution is -2.39. The van der Waals surface area contributed by atoms with Gasteiger partial charge < -0.3 is 10.2 Å². The molecular formula is C15H18N2S. The fourth-order valence-electron chi connectivity index (χ4n) is 2.50. The summed E-state index contributed by atoms with van der Waals surface area (Å²) in [5, 5.41) is 7.93.